The molecule has 0 aliphatic heterocycles. The summed E-state index contributed by atoms with van der Waals surface area (Å²) in [6, 6.07) is 14.9. The zero-order chi connectivity index (χ0) is 14.5. The molecule has 0 heterocycles. The molecular weight excluding hydrogens is 334 g/mol. The maximum absolute atomic E-state index is 6.03. The minimum absolute atomic E-state index is 0.178. The molecule has 0 radical (unpaired) electrons. The summed E-state index contributed by atoms with van der Waals surface area (Å²) >= 11 is 9.65. The van der Waals surface area contributed by atoms with Gasteiger partial charge in [0.05, 0.1) is 6.04 Å². The molecule has 0 saturated carbocycles. The lowest BCUT2D eigenvalue weighted by Crippen LogP contribution is -2.22. The Kier molecular flexibility index (Phi) is 5.64. The van der Waals surface area contributed by atoms with Gasteiger partial charge in [-0.2, -0.15) is 0 Å². The molecule has 3 heteroatoms. The highest BCUT2D eigenvalue weighted by Gasteiger charge is 2.15. The summed E-state index contributed by atoms with van der Waals surface area (Å²) in [6.07, 6.45) is 1.07. The van der Waals surface area contributed by atoms with E-state index in [4.69, 9.17) is 11.6 Å². The predicted molar refractivity (Wildman–Crippen MR) is 90.5 cm³/mol. The third kappa shape index (κ3) is 3.63. The van der Waals surface area contributed by atoms with Gasteiger partial charge in [0.15, 0.2) is 0 Å². The van der Waals surface area contributed by atoms with Crippen LogP contribution in [0.4, 0.5) is 0 Å². The maximum atomic E-state index is 6.03. The second-order valence-corrected chi connectivity index (χ2v) is 6.04. The number of aryl methyl sites for hydroxylation is 1. The van der Waals surface area contributed by atoms with E-state index < -0.39 is 0 Å². The standard InChI is InChI=1S/C17H19BrClN/c1-3-12-5-7-13(8-6-12)17(20-4-2)15-10-9-14(19)11-16(15)18/h5-11,17,20H,3-4H2,1-2H3. The van der Waals surface area contributed by atoms with Gasteiger partial charge in [0.25, 0.3) is 0 Å². The summed E-state index contributed by atoms with van der Waals surface area (Å²) < 4.78 is 1.04. The lowest BCUT2D eigenvalue weighted by molar-refractivity contribution is 0.628. The van der Waals surface area contributed by atoms with Gasteiger partial charge in [-0.25, -0.2) is 0 Å². The van der Waals surface area contributed by atoms with Gasteiger partial charge in [0.2, 0.25) is 0 Å². The number of rotatable bonds is 5. The van der Waals surface area contributed by atoms with Crippen molar-refractivity contribution >= 4 is 27.5 Å². The largest absolute Gasteiger partial charge is 0.306 e. The molecule has 1 N–H and O–H groups in total. The van der Waals surface area contributed by atoms with Gasteiger partial charge in [-0.3, -0.25) is 0 Å². The van der Waals surface area contributed by atoms with Crippen molar-refractivity contribution in [2.75, 3.05) is 6.54 Å². The van der Waals surface area contributed by atoms with Crippen LogP contribution < -0.4 is 5.32 Å². The molecule has 0 aliphatic carbocycles. The van der Waals surface area contributed by atoms with Crippen molar-refractivity contribution < 1.29 is 0 Å². The summed E-state index contributed by atoms with van der Waals surface area (Å²) in [7, 11) is 0. The molecular formula is C17H19BrClN. The Hall–Kier alpha value is -0.830. The zero-order valence-electron chi connectivity index (χ0n) is 11.8. The van der Waals surface area contributed by atoms with Crippen molar-refractivity contribution in [2.24, 2.45) is 0 Å². The van der Waals surface area contributed by atoms with Crippen LogP contribution in [0.15, 0.2) is 46.9 Å². The molecule has 0 bridgehead atoms. The van der Waals surface area contributed by atoms with E-state index in [0.29, 0.717) is 0 Å². The number of nitrogens with one attached hydrogen (secondary N) is 1. The van der Waals surface area contributed by atoms with Gasteiger partial charge in [-0.05, 0) is 41.8 Å². The van der Waals surface area contributed by atoms with Crippen molar-refractivity contribution in [2.45, 2.75) is 26.3 Å². The van der Waals surface area contributed by atoms with Gasteiger partial charge in [-0.15, -0.1) is 0 Å². The van der Waals surface area contributed by atoms with Crippen molar-refractivity contribution in [3.63, 3.8) is 0 Å². The first-order chi connectivity index (χ1) is 9.65. The molecule has 2 aromatic rings. The highest BCUT2D eigenvalue weighted by molar-refractivity contribution is 9.10. The van der Waals surface area contributed by atoms with E-state index in [-0.39, 0.29) is 6.04 Å². The molecule has 1 atom stereocenters. The Morgan fingerprint density at radius 2 is 1.80 bits per heavy atom. The highest BCUT2D eigenvalue weighted by atomic mass is 79.9. The van der Waals surface area contributed by atoms with Crippen molar-refractivity contribution in [1.82, 2.24) is 5.32 Å². The van der Waals surface area contributed by atoms with E-state index in [1.165, 1.54) is 16.7 Å². The number of halogens is 2. The van der Waals surface area contributed by atoms with Gasteiger partial charge in [0.1, 0.15) is 0 Å². The van der Waals surface area contributed by atoms with Crippen LogP contribution >= 0.6 is 27.5 Å². The molecule has 1 nitrogen and oxygen atoms in total. The lowest BCUT2D eigenvalue weighted by Gasteiger charge is -2.21. The molecule has 0 spiro atoms. The Bertz CT molecular complexity index is 566. The van der Waals surface area contributed by atoms with Crippen LogP contribution in [0.1, 0.15) is 36.6 Å². The quantitative estimate of drug-likeness (QED) is 0.763. The third-order valence-electron chi connectivity index (χ3n) is 3.40. The maximum Gasteiger partial charge on any atom is 0.0587 e. The van der Waals surface area contributed by atoms with E-state index >= 15 is 0 Å². The fourth-order valence-corrected chi connectivity index (χ4v) is 3.20. The summed E-state index contributed by atoms with van der Waals surface area (Å²) in [4.78, 5) is 0. The summed E-state index contributed by atoms with van der Waals surface area (Å²) in [5.41, 5.74) is 3.84. The van der Waals surface area contributed by atoms with E-state index in [1.807, 2.05) is 12.1 Å². The molecule has 106 valence electrons. The molecule has 0 saturated heterocycles. The van der Waals surface area contributed by atoms with Crippen LogP contribution in [0.2, 0.25) is 5.02 Å². The van der Waals surface area contributed by atoms with Crippen LogP contribution in [-0.4, -0.2) is 6.54 Å². The van der Waals surface area contributed by atoms with Crippen LogP contribution in [0, 0.1) is 0 Å². The normalized spacial score (nSPS) is 12.4. The SMILES string of the molecule is CCNC(c1ccc(CC)cc1)c1ccc(Cl)cc1Br. The first-order valence-corrected chi connectivity index (χ1v) is 8.10. The van der Waals surface area contributed by atoms with E-state index in [2.05, 4.69) is 65.4 Å². The van der Waals surface area contributed by atoms with Crippen molar-refractivity contribution in [1.29, 1.82) is 0 Å². The van der Waals surface area contributed by atoms with Gasteiger partial charge in [-0.1, -0.05) is 71.7 Å². The molecule has 0 aromatic heterocycles. The lowest BCUT2D eigenvalue weighted by atomic mass is 9.97. The minimum Gasteiger partial charge on any atom is -0.306 e. The molecule has 2 rings (SSSR count). The van der Waals surface area contributed by atoms with Crippen LogP contribution in [0.25, 0.3) is 0 Å². The molecule has 1 unspecified atom stereocenters. The first kappa shape index (κ1) is 15.6. The van der Waals surface area contributed by atoms with Crippen molar-refractivity contribution in [3.8, 4) is 0 Å². The van der Waals surface area contributed by atoms with Gasteiger partial charge >= 0.3 is 0 Å². The first-order valence-electron chi connectivity index (χ1n) is 6.92. The molecule has 2 aromatic carbocycles. The molecule has 0 fully saturated rings. The molecule has 0 aliphatic rings. The fraction of sp³-hybridized carbons (Fsp3) is 0.294. The third-order valence-corrected chi connectivity index (χ3v) is 4.32. The second-order valence-electron chi connectivity index (χ2n) is 4.75. The van der Waals surface area contributed by atoms with E-state index in [0.717, 1.165) is 22.5 Å². The van der Waals surface area contributed by atoms with Crippen LogP contribution in [0.3, 0.4) is 0 Å². The zero-order valence-corrected chi connectivity index (χ0v) is 14.1. The summed E-state index contributed by atoms with van der Waals surface area (Å²) in [6.45, 7) is 5.21. The summed E-state index contributed by atoms with van der Waals surface area (Å²) in [5.74, 6) is 0. The second kappa shape index (κ2) is 7.26. The number of benzene rings is 2. The van der Waals surface area contributed by atoms with E-state index in [1.54, 1.807) is 0 Å². The topological polar surface area (TPSA) is 12.0 Å². The average Bonchev–Trinajstić information content (AvgIpc) is 2.46. The van der Waals surface area contributed by atoms with E-state index in [9.17, 15) is 0 Å². The molecule has 0 amide bonds. The Morgan fingerprint density at radius 3 is 2.35 bits per heavy atom. The number of hydrogen-bond donors (Lipinski definition) is 1. The van der Waals surface area contributed by atoms with Gasteiger partial charge < -0.3 is 5.32 Å². The van der Waals surface area contributed by atoms with Crippen molar-refractivity contribution in [3.05, 3.63) is 68.7 Å². The Morgan fingerprint density at radius 1 is 1.10 bits per heavy atom. The van der Waals surface area contributed by atoms with Gasteiger partial charge in [0, 0.05) is 9.50 Å². The smallest absolute Gasteiger partial charge is 0.0587 e. The average molecular weight is 353 g/mol. The minimum atomic E-state index is 0.178. The predicted octanol–water partition coefficient (Wildman–Crippen LogP) is 5.36. The Balaban J connectivity index is 2.38. The Labute approximate surface area is 134 Å². The highest BCUT2D eigenvalue weighted by Crippen LogP contribution is 2.30. The van der Waals surface area contributed by atoms with Crippen LogP contribution in [-0.2, 0) is 6.42 Å². The fourth-order valence-electron chi connectivity index (χ4n) is 2.29. The number of hydrogen-bond acceptors (Lipinski definition) is 1. The summed E-state index contributed by atoms with van der Waals surface area (Å²) in [5, 5.41) is 4.29. The molecule has 20 heavy (non-hydrogen) atoms. The van der Waals surface area contributed by atoms with Crippen LogP contribution in [0.5, 0.6) is 0 Å². The monoisotopic (exact) mass is 351 g/mol.